The van der Waals surface area contributed by atoms with E-state index in [9.17, 15) is 4.39 Å². The van der Waals surface area contributed by atoms with Crippen molar-refractivity contribution in [3.05, 3.63) is 30.1 Å². The molecule has 1 aromatic rings. The zero-order valence-electron chi connectivity index (χ0n) is 10.7. The highest BCUT2D eigenvalue weighted by molar-refractivity contribution is 5.47. The number of hydrogen-bond donors (Lipinski definition) is 1. The van der Waals surface area contributed by atoms with E-state index in [0.29, 0.717) is 5.92 Å². The summed E-state index contributed by atoms with van der Waals surface area (Å²) in [6, 6.07) is 7.05. The Hall–Kier alpha value is -1.09. The van der Waals surface area contributed by atoms with Crippen LogP contribution in [0.2, 0.25) is 0 Å². The van der Waals surface area contributed by atoms with Gasteiger partial charge < -0.3 is 10.6 Å². The van der Waals surface area contributed by atoms with Gasteiger partial charge in [0.15, 0.2) is 0 Å². The first-order valence-electron chi connectivity index (χ1n) is 6.97. The predicted octanol–water partition coefficient (Wildman–Crippen LogP) is 2.78. The molecule has 1 aromatic carbocycles. The maximum Gasteiger partial charge on any atom is 0.123 e. The molecule has 3 rings (SSSR count). The summed E-state index contributed by atoms with van der Waals surface area (Å²) >= 11 is 0. The number of piperidine rings is 1. The second-order valence-electron chi connectivity index (χ2n) is 5.92. The quantitative estimate of drug-likeness (QED) is 0.891. The van der Waals surface area contributed by atoms with Crippen molar-refractivity contribution in [2.24, 2.45) is 17.6 Å². The predicted molar refractivity (Wildman–Crippen MR) is 72.0 cm³/mol. The SMILES string of the molecule is NC1CC(CC2CC2)CN(c2ccc(F)cc2)C1. The summed E-state index contributed by atoms with van der Waals surface area (Å²) in [5.74, 6) is 1.50. The third-order valence-corrected chi connectivity index (χ3v) is 4.12. The van der Waals surface area contributed by atoms with Crippen LogP contribution in [0.4, 0.5) is 10.1 Å². The smallest absolute Gasteiger partial charge is 0.123 e. The normalized spacial score (nSPS) is 28.4. The Labute approximate surface area is 108 Å². The number of nitrogens with zero attached hydrogens (tertiary/aromatic N) is 1. The van der Waals surface area contributed by atoms with Gasteiger partial charge >= 0.3 is 0 Å². The Kier molecular flexibility index (Phi) is 3.25. The molecule has 1 saturated carbocycles. The Bertz CT molecular complexity index is 397. The summed E-state index contributed by atoms with van der Waals surface area (Å²) in [4.78, 5) is 2.32. The number of rotatable bonds is 3. The molecular formula is C15H21FN2. The van der Waals surface area contributed by atoms with Gasteiger partial charge in [-0.2, -0.15) is 0 Å². The van der Waals surface area contributed by atoms with Gasteiger partial charge in [0, 0.05) is 24.8 Å². The van der Waals surface area contributed by atoms with Gasteiger partial charge in [-0.05, 0) is 48.9 Å². The maximum atomic E-state index is 12.9. The summed E-state index contributed by atoms with van der Waals surface area (Å²) in [7, 11) is 0. The first kappa shape index (κ1) is 12.0. The number of benzene rings is 1. The lowest BCUT2D eigenvalue weighted by Gasteiger charge is -2.38. The summed E-state index contributed by atoms with van der Waals surface area (Å²) in [6.07, 6.45) is 5.28. The molecule has 0 aromatic heterocycles. The fourth-order valence-corrected chi connectivity index (χ4v) is 3.10. The topological polar surface area (TPSA) is 29.3 Å². The van der Waals surface area contributed by atoms with Gasteiger partial charge in [0.1, 0.15) is 5.82 Å². The third-order valence-electron chi connectivity index (χ3n) is 4.12. The van der Waals surface area contributed by atoms with E-state index in [4.69, 9.17) is 5.73 Å². The molecular weight excluding hydrogens is 227 g/mol. The van der Waals surface area contributed by atoms with Gasteiger partial charge in [0.2, 0.25) is 0 Å². The molecule has 0 amide bonds. The van der Waals surface area contributed by atoms with Gasteiger partial charge in [-0.25, -0.2) is 4.39 Å². The number of nitrogens with two attached hydrogens (primary N) is 1. The molecule has 18 heavy (non-hydrogen) atoms. The summed E-state index contributed by atoms with van der Waals surface area (Å²) in [6.45, 7) is 1.97. The minimum absolute atomic E-state index is 0.172. The highest BCUT2D eigenvalue weighted by Crippen LogP contribution is 2.38. The van der Waals surface area contributed by atoms with Crippen molar-refractivity contribution in [3.63, 3.8) is 0 Å². The first-order valence-corrected chi connectivity index (χ1v) is 6.97. The number of anilines is 1. The molecule has 0 bridgehead atoms. The lowest BCUT2D eigenvalue weighted by Crippen LogP contribution is -2.47. The molecule has 0 spiro atoms. The molecule has 3 heteroatoms. The van der Waals surface area contributed by atoms with Crippen LogP contribution in [0, 0.1) is 17.7 Å². The summed E-state index contributed by atoms with van der Waals surface area (Å²) in [5, 5.41) is 0. The van der Waals surface area contributed by atoms with E-state index >= 15 is 0 Å². The van der Waals surface area contributed by atoms with Crippen molar-refractivity contribution in [1.82, 2.24) is 0 Å². The van der Waals surface area contributed by atoms with Crippen LogP contribution in [0.5, 0.6) is 0 Å². The van der Waals surface area contributed by atoms with Crippen molar-refractivity contribution in [2.45, 2.75) is 31.7 Å². The van der Waals surface area contributed by atoms with Crippen LogP contribution in [0.15, 0.2) is 24.3 Å². The summed E-state index contributed by atoms with van der Waals surface area (Å²) in [5.41, 5.74) is 7.27. The number of hydrogen-bond acceptors (Lipinski definition) is 2. The minimum atomic E-state index is -0.172. The average Bonchev–Trinajstić information content (AvgIpc) is 3.13. The molecule has 98 valence electrons. The van der Waals surface area contributed by atoms with Gasteiger partial charge in [0.25, 0.3) is 0 Å². The lowest BCUT2D eigenvalue weighted by atomic mass is 9.90. The van der Waals surface area contributed by atoms with Gasteiger partial charge in [-0.15, -0.1) is 0 Å². The second kappa shape index (κ2) is 4.88. The second-order valence-corrected chi connectivity index (χ2v) is 5.92. The molecule has 1 saturated heterocycles. The average molecular weight is 248 g/mol. The molecule has 2 fully saturated rings. The van der Waals surface area contributed by atoms with Gasteiger partial charge in [-0.1, -0.05) is 12.8 Å². The zero-order chi connectivity index (χ0) is 12.5. The largest absolute Gasteiger partial charge is 0.370 e. The molecule has 2 aliphatic rings. The van der Waals surface area contributed by atoms with Crippen LogP contribution in [0.3, 0.4) is 0 Å². The summed E-state index contributed by atoms with van der Waals surface area (Å²) < 4.78 is 12.9. The van der Waals surface area contributed by atoms with Crippen molar-refractivity contribution in [3.8, 4) is 0 Å². The molecule has 2 N–H and O–H groups in total. The Morgan fingerprint density at radius 2 is 1.83 bits per heavy atom. The van der Waals surface area contributed by atoms with E-state index in [1.54, 1.807) is 0 Å². The van der Waals surface area contributed by atoms with E-state index in [-0.39, 0.29) is 11.9 Å². The molecule has 1 aliphatic heterocycles. The molecule has 1 aliphatic carbocycles. The molecule has 0 radical (unpaired) electrons. The van der Waals surface area contributed by atoms with Crippen molar-refractivity contribution in [1.29, 1.82) is 0 Å². The molecule has 2 atom stereocenters. The zero-order valence-corrected chi connectivity index (χ0v) is 10.7. The molecule has 1 heterocycles. The van der Waals surface area contributed by atoms with Crippen LogP contribution in [0.25, 0.3) is 0 Å². The molecule has 2 nitrogen and oxygen atoms in total. The molecule has 2 unspecified atom stereocenters. The van der Waals surface area contributed by atoms with Crippen molar-refractivity contribution < 1.29 is 4.39 Å². The monoisotopic (exact) mass is 248 g/mol. The van der Waals surface area contributed by atoms with E-state index in [1.807, 2.05) is 12.1 Å². The Morgan fingerprint density at radius 3 is 2.50 bits per heavy atom. The van der Waals surface area contributed by atoms with E-state index in [0.717, 1.165) is 31.1 Å². The van der Waals surface area contributed by atoms with Crippen LogP contribution in [-0.2, 0) is 0 Å². The van der Waals surface area contributed by atoms with Crippen LogP contribution < -0.4 is 10.6 Å². The van der Waals surface area contributed by atoms with Crippen LogP contribution >= 0.6 is 0 Å². The van der Waals surface area contributed by atoms with Crippen LogP contribution in [0.1, 0.15) is 25.7 Å². The Balaban J connectivity index is 1.68. The standard InChI is InChI=1S/C15H21FN2/c16-13-3-5-15(6-4-13)18-9-12(7-11-1-2-11)8-14(17)10-18/h3-6,11-12,14H,1-2,7-10,17H2. The lowest BCUT2D eigenvalue weighted by molar-refractivity contribution is 0.344. The van der Waals surface area contributed by atoms with Crippen LogP contribution in [-0.4, -0.2) is 19.1 Å². The van der Waals surface area contributed by atoms with E-state index in [2.05, 4.69) is 4.90 Å². The Morgan fingerprint density at radius 1 is 1.11 bits per heavy atom. The highest BCUT2D eigenvalue weighted by Gasteiger charge is 2.31. The first-order chi connectivity index (χ1) is 8.70. The maximum absolute atomic E-state index is 12.9. The highest BCUT2D eigenvalue weighted by atomic mass is 19.1. The van der Waals surface area contributed by atoms with E-state index < -0.39 is 0 Å². The van der Waals surface area contributed by atoms with Gasteiger partial charge in [-0.3, -0.25) is 0 Å². The third kappa shape index (κ3) is 2.83. The van der Waals surface area contributed by atoms with Crippen molar-refractivity contribution in [2.75, 3.05) is 18.0 Å². The fraction of sp³-hybridized carbons (Fsp3) is 0.600. The van der Waals surface area contributed by atoms with Crippen molar-refractivity contribution >= 4 is 5.69 Å². The minimum Gasteiger partial charge on any atom is -0.370 e. The van der Waals surface area contributed by atoms with Gasteiger partial charge in [0.05, 0.1) is 0 Å². The van der Waals surface area contributed by atoms with E-state index in [1.165, 1.54) is 31.4 Å². The fourth-order valence-electron chi connectivity index (χ4n) is 3.10. The number of halogens is 1.